The summed E-state index contributed by atoms with van der Waals surface area (Å²) in [4.78, 5) is 9.17. The number of aliphatic imine (C=N–C) groups is 1. The molecule has 0 amide bonds. The molecule has 3 rings (SSSR count). The first kappa shape index (κ1) is 24.7. The molecule has 2 N–H and O–H groups in total. The van der Waals surface area contributed by atoms with E-state index in [1.165, 1.54) is 5.56 Å². The van der Waals surface area contributed by atoms with Crippen LogP contribution in [0.2, 0.25) is 0 Å². The van der Waals surface area contributed by atoms with Crippen molar-refractivity contribution in [1.82, 2.24) is 20.4 Å². The van der Waals surface area contributed by atoms with Gasteiger partial charge in [-0.25, -0.2) is 0 Å². The zero-order valence-corrected chi connectivity index (χ0v) is 20.9. The molecule has 1 aromatic carbocycles. The third-order valence-corrected chi connectivity index (χ3v) is 5.76. The van der Waals surface area contributed by atoms with Crippen LogP contribution in [-0.4, -0.2) is 62.1 Å². The maximum atomic E-state index is 5.60. The maximum Gasteiger partial charge on any atom is 0.191 e. The van der Waals surface area contributed by atoms with Crippen molar-refractivity contribution in [2.75, 3.05) is 34.2 Å². The summed E-state index contributed by atoms with van der Waals surface area (Å²) >= 11 is 0. The fourth-order valence-corrected chi connectivity index (χ4v) is 4.00. The molecule has 0 radical (unpaired) electrons. The van der Waals surface area contributed by atoms with Crippen LogP contribution in [0.15, 0.2) is 58.1 Å². The van der Waals surface area contributed by atoms with Gasteiger partial charge in [-0.15, -0.1) is 24.0 Å². The van der Waals surface area contributed by atoms with Crippen LogP contribution < -0.4 is 10.6 Å². The van der Waals surface area contributed by atoms with Gasteiger partial charge in [0.2, 0.25) is 0 Å². The smallest absolute Gasteiger partial charge is 0.191 e. The number of benzene rings is 1. The fraction of sp³-hybridized carbons (Fsp3) is 0.522. The van der Waals surface area contributed by atoms with E-state index in [1.54, 1.807) is 6.26 Å². The van der Waals surface area contributed by atoms with E-state index in [2.05, 4.69) is 76.8 Å². The van der Waals surface area contributed by atoms with E-state index in [0.717, 1.165) is 44.2 Å². The fourth-order valence-electron chi connectivity index (χ4n) is 4.00. The SMILES string of the molecule is CN=C(NCC(c1ccco1)N(C)C)NC1CCN(Cc2ccccc2)C(C)C1.I. The quantitative estimate of drug-likeness (QED) is 0.328. The van der Waals surface area contributed by atoms with Gasteiger partial charge in [0, 0.05) is 38.8 Å². The third-order valence-electron chi connectivity index (χ3n) is 5.76. The molecule has 1 fully saturated rings. The molecule has 2 heterocycles. The Bertz CT molecular complexity index is 750. The van der Waals surface area contributed by atoms with Crippen molar-refractivity contribution in [3.63, 3.8) is 0 Å². The normalized spacial score (nSPS) is 21.2. The van der Waals surface area contributed by atoms with Crippen molar-refractivity contribution in [2.24, 2.45) is 4.99 Å². The highest BCUT2D eigenvalue weighted by Gasteiger charge is 2.26. The number of nitrogens with one attached hydrogen (secondary N) is 2. The molecule has 3 unspecified atom stereocenters. The Kier molecular flexibility index (Phi) is 10.1. The monoisotopic (exact) mass is 525 g/mol. The lowest BCUT2D eigenvalue weighted by atomic mass is 9.97. The van der Waals surface area contributed by atoms with Gasteiger partial charge < -0.3 is 15.1 Å². The average molecular weight is 525 g/mol. The van der Waals surface area contributed by atoms with Crippen LogP contribution in [0.25, 0.3) is 0 Å². The van der Waals surface area contributed by atoms with E-state index in [4.69, 9.17) is 4.42 Å². The summed E-state index contributed by atoms with van der Waals surface area (Å²) in [5.41, 5.74) is 1.39. The van der Waals surface area contributed by atoms with Gasteiger partial charge in [-0.3, -0.25) is 14.8 Å². The minimum absolute atomic E-state index is 0. The van der Waals surface area contributed by atoms with E-state index >= 15 is 0 Å². The van der Waals surface area contributed by atoms with Crippen molar-refractivity contribution in [3.05, 3.63) is 60.1 Å². The van der Waals surface area contributed by atoms with Crippen LogP contribution in [0.3, 0.4) is 0 Å². The Morgan fingerprint density at radius 3 is 2.60 bits per heavy atom. The summed E-state index contributed by atoms with van der Waals surface area (Å²) in [5.74, 6) is 1.82. The highest BCUT2D eigenvalue weighted by atomic mass is 127. The molecule has 7 heteroatoms. The molecule has 0 aliphatic carbocycles. The number of likely N-dealkylation sites (tertiary alicyclic amines) is 1. The summed E-state index contributed by atoms with van der Waals surface area (Å²) in [7, 11) is 5.96. The van der Waals surface area contributed by atoms with Crippen LogP contribution in [-0.2, 0) is 6.54 Å². The zero-order chi connectivity index (χ0) is 20.6. The van der Waals surface area contributed by atoms with E-state index in [-0.39, 0.29) is 30.0 Å². The molecular formula is C23H36IN5O. The van der Waals surface area contributed by atoms with E-state index in [9.17, 15) is 0 Å². The molecule has 6 nitrogen and oxygen atoms in total. The largest absolute Gasteiger partial charge is 0.468 e. The van der Waals surface area contributed by atoms with Crippen molar-refractivity contribution < 1.29 is 4.42 Å². The molecular weight excluding hydrogens is 489 g/mol. The Labute approximate surface area is 198 Å². The minimum Gasteiger partial charge on any atom is -0.468 e. The topological polar surface area (TPSA) is 56.0 Å². The lowest BCUT2D eigenvalue weighted by molar-refractivity contribution is 0.134. The Morgan fingerprint density at radius 2 is 2.00 bits per heavy atom. The van der Waals surface area contributed by atoms with Gasteiger partial charge in [-0.05, 0) is 51.6 Å². The molecule has 1 aliphatic heterocycles. The lowest BCUT2D eigenvalue weighted by Gasteiger charge is -2.38. The number of piperidine rings is 1. The maximum absolute atomic E-state index is 5.60. The third kappa shape index (κ3) is 6.99. The van der Waals surface area contributed by atoms with Gasteiger partial charge in [0.25, 0.3) is 0 Å². The molecule has 1 saturated heterocycles. The van der Waals surface area contributed by atoms with Gasteiger partial charge in [0.05, 0.1) is 12.3 Å². The lowest BCUT2D eigenvalue weighted by Crippen LogP contribution is -2.52. The predicted octanol–water partition coefficient (Wildman–Crippen LogP) is 3.72. The number of furan rings is 1. The van der Waals surface area contributed by atoms with Crippen molar-refractivity contribution in [2.45, 2.75) is 44.4 Å². The summed E-state index contributed by atoms with van der Waals surface area (Å²) in [5, 5.41) is 7.10. The van der Waals surface area contributed by atoms with Crippen LogP contribution in [0, 0.1) is 0 Å². The van der Waals surface area contributed by atoms with E-state index < -0.39 is 0 Å². The minimum atomic E-state index is 0. The second-order valence-corrected chi connectivity index (χ2v) is 8.12. The van der Waals surface area contributed by atoms with Crippen LogP contribution in [0.5, 0.6) is 0 Å². The standard InChI is InChI=1S/C23H35N5O.HI/c1-18-15-20(12-13-28(18)17-19-9-6-5-7-10-19)26-23(24-2)25-16-21(27(3)4)22-11-8-14-29-22;/h5-11,14,18,20-21H,12-13,15-17H2,1-4H3,(H2,24,25,26);1H. The second-order valence-electron chi connectivity index (χ2n) is 8.12. The number of hydrogen-bond acceptors (Lipinski definition) is 4. The van der Waals surface area contributed by atoms with Gasteiger partial charge in [-0.1, -0.05) is 30.3 Å². The van der Waals surface area contributed by atoms with Crippen molar-refractivity contribution in [1.29, 1.82) is 0 Å². The molecule has 1 aliphatic rings. The summed E-state index contributed by atoms with van der Waals surface area (Å²) < 4.78 is 5.60. The van der Waals surface area contributed by atoms with E-state index in [1.807, 2.05) is 19.2 Å². The van der Waals surface area contributed by atoms with Crippen LogP contribution in [0.4, 0.5) is 0 Å². The van der Waals surface area contributed by atoms with Gasteiger partial charge in [0.15, 0.2) is 5.96 Å². The van der Waals surface area contributed by atoms with Gasteiger partial charge in [0.1, 0.15) is 5.76 Å². The summed E-state index contributed by atoms with van der Waals surface area (Å²) in [6.07, 6.45) is 3.96. The molecule has 0 spiro atoms. The first-order valence-corrected chi connectivity index (χ1v) is 10.5. The number of nitrogens with zero attached hydrogens (tertiary/aromatic N) is 3. The average Bonchev–Trinajstić information content (AvgIpc) is 3.24. The van der Waals surface area contributed by atoms with Crippen molar-refractivity contribution in [3.8, 4) is 0 Å². The Hall–Kier alpha value is -1.58. The zero-order valence-electron chi connectivity index (χ0n) is 18.5. The Morgan fingerprint density at radius 1 is 1.23 bits per heavy atom. The Balaban J connectivity index is 0.00000320. The van der Waals surface area contributed by atoms with Gasteiger partial charge in [-0.2, -0.15) is 0 Å². The predicted molar refractivity (Wildman–Crippen MR) is 134 cm³/mol. The van der Waals surface area contributed by atoms with Crippen molar-refractivity contribution >= 4 is 29.9 Å². The number of rotatable bonds is 7. The highest BCUT2D eigenvalue weighted by molar-refractivity contribution is 14.0. The number of guanidine groups is 1. The molecule has 3 atom stereocenters. The molecule has 30 heavy (non-hydrogen) atoms. The second kappa shape index (κ2) is 12.3. The highest BCUT2D eigenvalue weighted by Crippen LogP contribution is 2.20. The number of likely N-dealkylation sites (N-methyl/N-ethyl adjacent to an activating group) is 1. The molecule has 166 valence electrons. The first-order chi connectivity index (χ1) is 14.1. The first-order valence-electron chi connectivity index (χ1n) is 10.5. The van der Waals surface area contributed by atoms with E-state index in [0.29, 0.717) is 12.1 Å². The van der Waals surface area contributed by atoms with Crippen LogP contribution >= 0.6 is 24.0 Å². The summed E-state index contributed by atoms with van der Waals surface area (Å²) in [6, 6.07) is 15.8. The van der Waals surface area contributed by atoms with Gasteiger partial charge >= 0.3 is 0 Å². The molecule has 1 aromatic heterocycles. The molecule has 0 bridgehead atoms. The molecule has 2 aromatic rings. The number of hydrogen-bond donors (Lipinski definition) is 2. The number of halogens is 1. The summed E-state index contributed by atoms with van der Waals surface area (Å²) in [6.45, 7) is 5.18. The van der Waals surface area contributed by atoms with Crippen LogP contribution in [0.1, 0.15) is 37.1 Å². The molecule has 0 saturated carbocycles.